The molecule has 2 heterocycles. The summed E-state index contributed by atoms with van der Waals surface area (Å²) in [5, 5.41) is 19.6. The monoisotopic (exact) mass is 606 g/mol. The first-order chi connectivity index (χ1) is 20.5. The molecule has 10 nitrogen and oxygen atoms in total. The number of para-hydroxylation sites is 1. The molecule has 2 saturated heterocycles. The highest BCUT2D eigenvalue weighted by Gasteiger charge is 2.67. The molecule has 0 bridgehead atoms. The van der Waals surface area contributed by atoms with Gasteiger partial charge in [-0.1, -0.05) is 41.4 Å². The Morgan fingerprint density at radius 1 is 1.07 bits per heavy atom. The zero-order valence-corrected chi connectivity index (χ0v) is 24.4. The van der Waals surface area contributed by atoms with E-state index >= 15 is 0 Å². The summed E-state index contributed by atoms with van der Waals surface area (Å²) in [5.41, 5.74) is 0.501. The van der Waals surface area contributed by atoms with Crippen molar-refractivity contribution in [3.8, 4) is 11.5 Å². The lowest BCUT2D eigenvalue weighted by Crippen LogP contribution is -2.48. The van der Waals surface area contributed by atoms with Crippen molar-refractivity contribution in [1.82, 2.24) is 4.90 Å². The number of likely N-dealkylation sites (tertiary alicyclic amines) is 1. The van der Waals surface area contributed by atoms with Crippen molar-refractivity contribution in [2.24, 2.45) is 29.1 Å². The maximum absolute atomic E-state index is 14.4. The number of carboxylic acid groups (broad SMARTS) is 1. The Bertz CT molecular complexity index is 1590. The number of amides is 4. The number of ether oxygens (including phenoxy) is 1. The van der Waals surface area contributed by atoms with Gasteiger partial charge >= 0.3 is 5.97 Å². The molecule has 224 valence electrons. The van der Waals surface area contributed by atoms with Crippen LogP contribution in [0.15, 0.2) is 54.1 Å². The minimum absolute atomic E-state index is 0.00750. The Morgan fingerprint density at radius 2 is 1.79 bits per heavy atom. The summed E-state index contributed by atoms with van der Waals surface area (Å²) in [4.78, 5) is 69.2. The third-order valence-electron chi connectivity index (χ3n) is 9.76. The van der Waals surface area contributed by atoms with E-state index in [1.807, 2.05) is 6.08 Å². The Kier molecular flexibility index (Phi) is 7.07. The van der Waals surface area contributed by atoms with Gasteiger partial charge in [-0.05, 0) is 61.9 Å². The quantitative estimate of drug-likeness (QED) is 0.354. The molecular formula is C32H31ClN2O8. The molecule has 2 aliphatic heterocycles. The fourth-order valence-corrected chi connectivity index (χ4v) is 8.03. The van der Waals surface area contributed by atoms with Crippen LogP contribution in [0.4, 0.5) is 5.69 Å². The highest BCUT2D eigenvalue weighted by molar-refractivity contribution is 6.32. The van der Waals surface area contributed by atoms with Gasteiger partial charge in [0.05, 0.1) is 41.0 Å². The number of imide groups is 2. The van der Waals surface area contributed by atoms with E-state index < -0.39 is 41.0 Å². The number of phenols is 1. The topological polar surface area (TPSA) is 142 Å². The van der Waals surface area contributed by atoms with Gasteiger partial charge in [-0.2, -0.15) is 0 Å². The second kappa shape index (κ2) is 10.5. The molecule has 1 saturated carbocycles. The third kappa shape index (κ3) is 4.25. The first kappa shape index (κ1) is 28.9. The first-order valence-corrected chi connectivity index (χ1v) is 14.6. The maximum atomic E-state index is 14.4. The van der Waals surface area contributed by atoms with Crippen LogP contribution in [0.2, 0.25) is 5.02 Å². The number of fused-ring (bicyclic) bond motifs is 4. The number of allylic oxidation sites excluding steroid dienone is 2. The van der Waals surface area contributed by atoms with Crippen LogP contribution >= 0.6 is 11.6 Å². The van der Waals surface area contributed by atoms with Gasteiger partial charge in [-0.25, -0.2) is 4.90 Å². The fourth-order valence-electron chi connectivity index (χ4n) is 7.81. The van der Waals surface area contributed by atoms with Gasteiger partial charge in [-0.3, -0.25) is 28.9 Å². The molecule has 6 atom stereocenters. The molecule has 43 heavy (non-hydrogen) atoms. The summed E-state index contributed by atoms with van der Waals surface area (Å²) in [7, 11) is 1.39. The lowest BCUT2D eigenvalue weighted by molar-refractivity contribution is -0.142. The molecule has 2 aromatic carbocycles. The van der Waals surface area contributed by atoms with E-state index in [-0.39, 0.29) is 72.4 Å². The minimum Gasteiger partial charge on any atom is -0.503 e. The van der Waals surface area contributed by atoms with Crippen molar-refractivity contribution >= 4 is 46.9 Å². The number of halogens is 1. The molecule has 2 N–H and O–H groups in total. The Morgan fingerprint density at radius 3 is 2.47 bits per heavy atom. The zero-order valence-electron chi connectivity index (χ0n) is 23.7. The van der Waals surface area contributed by atoms with Gasteiger partial charge in [0.2, 0.25) is 23.6 Å². The Balaban J connectivity index is 1.48. The van der Waals surface area contributed by atoms with Crippen molar-refractivity contribution in [3.05, 3.63) is 64.7 Å². The van der Waals surface area contributed by atoms with Gasteiger partial charge in [0.1, 0.15) is 0 Å². The van der Waals surface area contributed by atoms with Gasteiger partial charge in [0, 0.05) is 18.9 Å². The lowest BCUT2D eigenvalue weighted by atomic mass is 9.51. The highest BCUT2D eigenvalue weighted by Crippen LogP contribution is 2.64. The maximum Gasteiger partial charge on any atom is 0.303 e. The molecule has 4 amide bonds. The SMILES string of the molecule is COc1cc(C2C3=CCC4C(=O)N(CCCC(=O)O)C(=O)C4C3CC3C(=O)N(c4ccccc4)C(=O)C32C)cc(Cl)c1O. The zero-order chi connectivity index (χ0) is 30.8. The summed E-state index contributed by atoms with van der Waals surface area (Å²) < 4.78 is 5.38. The van der Waals surface area contributed by atoms with Crippen LogP contribution in [-0.4, -0.2) is 58.4 Å². The number of benzene rings is 2. The summed E-state index contributed by atoms with van der Waals surface area (Å²) in [6.07, 6.45) is 2.35. The van der Waals surface area contributed by atoms with Crippen molar-refractivity contribution in [2.45, 2.75) is 38.5 Å². The van der Waals surface area contributed by atoms with E-state index in [0.29, 0.717) is 11.3 Å². The van der Waals surface area contributed by atoms with E-state index in [1.165, 1.54) is 12.0 Å². The molecule has 0 radical (unpaired) electrons. The largest absolute Gasteiger partial charge is 0.503 e. The number of carbonyl (C=O) groups is 5. The van der Waals surface area contributed by atoms with Crippen molar-refractivity contribution in [1.29, 1.82) is 0 Å². The summed E-state index contributed by atoms with van der Waals surface area (Å²) in [6.45, 7) is 1.77. The third-order valence-corrected chi connectivity index (χ3v) is 10.0. The number of nitrogens with zero attached hydrogens (tertiary/aromatic N) is 2. The Hall–Kier alpha value is -4.18. The average molecular weight is 607 g/mol. The number of phenolic OH excluding ortho intramolecular Hbond substituents is 1. The molecule has 0 aromatic heterocycles. The van der Waals surface area contributed by atoms with Crippen LogP contribution in [0.5, 0.6) is 11.5 Å². The number of hydrogen-bond donors (Lipinski definition) is 2. The average Bonchev–Trinajstić information content (AvgIpc) is 3.34. The molecule has 2 aliphatic carbocycles. The number of hydrogen-bond acceptors (Lipinski definition) is 7. The number of aromatic hydroxyl groups is 1. The van der Waals surface area contributed by atoms with E-state index in [1.54, 1.807) is 49.4 Å². The molecule has 0 spiro atoms. The fraction of sp³-hybridized carbons (Fsp3) is 0.406. The summed E-state index contributed by atoms with van der Waals surface area (Å²) in [6, 6.07) is 11.8. The van der Waals surface area contributed by atoms with E-state index in [2.05, 4.69) is 0 Å². The predicted molar refractivity (Wildman–Crippen MR) is 154 cm³/mol. The van der Waals surface area contributed by atoms with Crippen LogP contribution < -0.4 is 9.64 Å². The molecule has 4 aliphatic rings. The van der Waals surface area contributed by atoms with Gasteiger partial charge in [0.25, 0.3) is 0 Å². The number of carbonyl (C=O) groups excluding carboxylic acids is 4. The molecule has 3 fully saturated rings. The number of rotatable bonds is 7. The molecule has 6 rings (SSSR count). The molecular weight excluding hydrogens is 576 g/mol. The van der Waals surface area contributed by atoms with Crippen molar-refractivity contribution in [3.63, 3.8) is 0 Å². The number of aliphatic carboxylic acids is 1. The van der Waals surface area contributed by atoms with Crippen molar-refractivity contribution < 1.29 is 38.9 Å². The second-order valence-corrected chi connectivity index (χ2v) is 12.3. The van der Waals surface area contributed by atoms with Crippen molar-refractivity contribution in [2.75, 3.05) is 18.6 Å². The van der Waals surface area contributed by atoms with E-state index in [4.69, 9.17) is 21.4 Å². The predicted octanol–water partition coefficient (Wildman–Crippen LogP) is 4.15. The minimum atomic E-state index is -1.26. The molecule has 6 unspecified atom stereocenters. The smallest absolute Gasteiger partial charge is 0.303 e. The van der Waals surface area contributed by atoms with Crippen LogP contribution in [0.25, 0.3) is 0 Å². The number of carboxylic acids is 1. The van der Waals surface area contributed by atoms with Gasteiger partial charge in [0.15, 0.2) is 11.5 Å². The Labute approximate surface area is 252 Å². The van der Waals surface area contributed by atoms with Crippen LogP contribution in [0.1, 0.15) is 44.1 Å². The van der Waals surface area contributed by atoms with E-state index in [9.17, 15) is 29.1 Å². The lowest BCUT2D eigenvalue weighted by Gasteiger charge is -2.49. The normalized spacial score (nSPS) is 29.7. The molecule has 2 aromatic rings. The standard InChI is InChI=1S/C32H31ClN2O8/c1-32-21(29(40)35(31(32)42)17-7-4-3-5-8-17)15-20-18(26(32)16-13-22(33)27(38)23(14-16)43-2)10-11-19-25(20)30(41)34(28(19)39)12-6-9-24(36)37/h3-5,7-8,10,13-14,19-21,25-26,38H,6,9,11-12,15H2,1-2H3,(H,36,37). The van der Waals surface area contributed by atoms with Gasteiger partial charge < -0.3 is 14.9 Å². The summed E-state index contributed by atoms with van der Waals surface area (Å²) >= 11 is 6.43. The van der Waals surface area contributed by atoms with Gasteiger partial charge in [-0.15, -0.1) is 0 Å². The highest BCUT2D eigenvalue weighted by atomic mass is 35.5. The number of anilines is 1. The number of methoxy groups -OCH3 is 1. The van der Waals surface area contributed by atoms with E-state index in [0.717, 1.165) is 10.5 Å². The first-order valence-electron chi connectivity index (χ1n) is 14.3. The van der Waals surface area contributed by atoms with Crippen LogP contribution in [0.3, 0.4) is 0 Å². The molecule has 11 heteroatoms. The summed E-state index contributed by atoms with van der Waals surface area (Å²) in [5.74, 6) is -6.05. The van der Waals surface area contributed by atoms with Crippen LogP contribution in [0, 0.1) is 29.1 Å². The second-order valence-electron chi connectivity index (χ2n) is 11.9. The van der Waals surface area contributed by atoms with Crippen LogP contribution in [-0.2, 0) is 24.0 Å².